The van der Waals surface area contributed by atoms with Crippen molar-refractivity contribution >= 4 is 11.6 Å². The van der Waals surface area contributed by atoms with Gasteiger partial charge in [0.15, 0.2) is 5.82 Å². The van der Waals surface area contributed by atoms with E-state index in [4.69, 9.17) is 0 Å². The monoisotopic (exact) mass is 318 g/mol. The van der Waals surface area contributed by atoms with E-state index in [0.29, 0.717) is 18.9 Å². The Morgan fingerprint density at radius 3 is 2.91 bits per heavy atom. The molecular formula is C15H19FN6O. The van der Waals surface area contributed by atoms with Gasteiger partial charge >= 0.3 is 0 Å². The summed E-state index contributed by atoms with van der Waals surface area (Å²) < 4.78 is 14.3. The number of hydrogen-bond acceptors (Lipinski definition) is 5. The number of amides is 1. The van der Waals surface area contributed by atoms with Crippen LogP contribution in [0.5, 0.6) is 0 Å². The van der Waals surface area contributed by atoms with Gasteiger partial charge in [-0.1, -0.05) is 5.21 Å². The van der Waals surface area contributed by atoms with Crippen molar-refractivity contribution < 1.29 is 9.18 Å². The summed E-state index contributed by atoms with van der Waals surface area (Å²) in [6, 6.07) is 4.68. The topological polar surface area (TPSA) is 78.0 Å². The summed E-state index contributed by atoms with van der Waals surface area (Å²) in [7, 11) is 3.66. The van der Waals surface area contributed by atoms with Gasteiger partial charge in [0.1, 0.15) is 5.82 Å². The van der Waals surface area contributed by atoms with Crippen molar-refractivity contribution in [1.82, 2.24) is 25.5 Å². The Labute approximate surface area is 133 Å². The minimum Gasteiger partial charge on any atom is -0.378 e. The number of rotatable bonds is 3. The van der Waals surface area contributed by atoms with E-state index in [1.165, 1.54) is 6.07 Å². The molecule has 1 aromatic heterocycles. The van der Waals surface area contributed by atoms with Crippen LogP contribution in [0.1, 0.15) is 34.9 Å². The van der Waals surface area contributed by atoms with Crippen molar-refractivity contribution in [3.63, 3.8) is 0 Å². The van der Waals surface area contributed by atoms with Gasteiger partial charge in [0.05, 0.1) is 5.56 Å². The zero-order valence-corrected chi connectivity index (χ0v) is 13.2. The van der Waals surface area contributed by atoms with Crippen molar-refractivity contribution in [3.05, 3.63) is 35.4 Å². The van der Waals surface area contributed by atoms with Gasteiger partial charge < -0.3 is 9.80 Å². The molecule has 0 spiro atoms. The Bertz CT molecular complexity index is 687. The van der Waals surface area contributed by atoms with Gasteiger partial charge in [-0.05, 0) is 31.0 Å². The summed E-state index contributed by atoms with van der Waals surface area (Å²) in [5.74, 6) is -0.148. The molecule has 1 aromatic carbocycles. The lowest BCUT2D eigenvalue weighted by Crippen LogP contribution is -2.39. The third kappa shape index (κ3) is 3.15. The van der Waals surface area contributed by atoms with Crippen molar-refractivity contribution in [2.75, 3.05) is 32.1 Å². The zero-order chi connectivity index (χ0) is 16.4. The van der Waals surface area contributed by atoms with Gasteiger partial charge in [-0.25, -0.2) is 4.39 Å². The number of halogens is 1. The third-order valence-corrected chi connectivity index (χ3v) is 4.13. The molecule has 7 nitrogen and oxygen atoms in total. The number of aromatic amines is 1. The number of likely N-dealkylation sites (tertiary alicyclic amines) is 1. The molecule has 2 aromatic rings. The molecule has 0 unspecified atom stereocenters. The van der Waals surface area contributed by atoms with Gasteiger partial charge in [0, 0.05) is 38.8 Å². The lowest BCUT2D eigenvalue weighted by atomic mass is 9.96. The second-order valence-corrected chi connectivity index (χ2v) is 5.92. The van der Waals surface area contributed by atoms with Gasteiger partial charge in [0.25, 0.3) is 5.91 Å². The molecule has 8 heteroatoms. The molecule has 1 saturated heterocycles. The average molecular weight is 318 g/mol. The summed E-state index contributed by atoms with van der Waals surface area (Å²) in [4.78, 5) is 16.1. The maximum absolute atomic E-state index is 14.3. The van der Waals surface area contributed by atoms with Crippen molar-refractivity contribution in [2.24, 2.45) is 0 Å². The molecule has 1 aliphatic rings. The summed E-state index contributed by atoms with van der Waals surface area (Å²) in [5, 5.41) is 14.0. The second kappa shape index (κ2) is 6.31. The standard InChI is InChI=1S/C15H19FN6O/c1-21(2)11-5-6-12(13(16)8-11)15(23)22-7-3-4-10(9-22)14-17-19-20-18-14/h5-6,8,10H,3-4,7,9H2,1-2H3,(H,17,18,19,20)/t10-/m0/s1. The quantitative estimate of drug-likeness (QED) is 0.926. The number of piperidine rings is 1. The number of carbonyl (C=O) groups is 1. The molecule has 3 rings (SSSR count). The first-order valence-electron chi connectivity index (χ1n) is 7.55. The first-order chi connectivity index (χ1) is 11.1. The van der Waals surface area contributed by atoms with E-state index in [0.717, 1.165) is 18.5 Å². The SMILES string of the molecule is CN(C)c1ccc(C(=O)N2CCC[C@H](c3nn[nH]n3)C2)c(F)c1. The highest BCUT2D eigenvalue weighted by atomic mass is 19.1. The summed E-state index contributed by atoms with van der Waals surface area (Å²) >= 11 is 0. The van der Waals surface area contributed by atoms with E-state index < -0.39 is 5.82 Å². The Balaban J connectivity index is 1.77. The normalized spacial score (nSPS) is 18.0. The fraction of sp³-hybridized carbons (Fsp3) is 0.467. The highest BCUT2D eigenvalue weighted by Crippen LogP contribution is 2.26. The summed E-state index contributed by atoms with van der Waals surface area (Å²) in [6.07, 6.45) is 1.73. The van der Waals surface area contributed by atoms with Crippen LogP contribution < -0.4 is 4.90 Å². The van der Waals surface area contributed by atoms with Crippen molar-refractivity contribution in [2.45, 2.75) is 18.8 Å². The number of carbonyl (C=O) groups excluding carboxylic acids is 1. The predicted molar refractivity (Wildman–Crippen MR) is 82.8 cm³/mol. The summed E-state index contributed by atoms with van der Waals surface area (Å²) in [5.41, 5.74) is 0.826. The zero-order valence-electron chi connectivity index (χ0n) is 13.2. The fourth-order valence-corrected chi connectivity index (χ4v) is 2.84. The maximum atomic E-state index is 14.3. The molecule has 0 radical (unpaired) electrons. The largest absolute Gasteiger partial charge is 0.378 e. The number of nitrogens with zero attached hydrogens (tertiary/aromatic N) is 5. The molecule has 2 heterocycles. The molecule has 0 bridgehead atoms. The van der Waals surface area contributed by atoms with Crippen LogP contribution in [0.15, 0.2) is 18.2 Å². The number of aromatic nitrogens is 4. The molecule has 122 valence electrons. The number of H-pyrrole nitrogens is 1. The first-order valence-corrected chi connectivity index (χ1v) is 7.55. The van der Waals surface area contributed by atoms with E-state index in [2.05, 4.69) is 20.6 Å². The van der Waals surface area contributed by atoms with E-state index >= 15 is 0 Å². The van der Waals surface area contributed by atoms with E-state index in [1.807, 2.05) is 14.1 Å². The van der Waals surface area contributed by atoms with Crippen LogP contribution in [-0.4, -0.2) is 58.6 Å². The lowest BCUT2D eigenvalue weighted by Gasteiger charge is -2.31. The minimum atomic E-state index is -0.497. The molecule has 23 heavy (non-hydrogen) atoms. The molecule has 1 atom stereocenters. The van der Waals surface area contributed by atoms with Crippen LogP contribution in [0.2, 0.25) is 0 Å². The predicted octanol–water partition coefficient (Wildman–Crippen LogP) is 1.42. The third-order valence-electron chi connectivity index (χ3n) is 4.13. The molecule has 0 saturated carbocycles. The van der Waals surface area contributed by atoms with Crippen LogP contribution in [0.25, 0.3) is 0 Å². The smallest absolute Gasteiger partial charge is 0.256 e. The van der Waals surface area contributed by atoms with Gasteiger partial charge in [-0.2, -0.15) is 5.21 Å². The average Bonchev–Trinajstić information content (AvgIpc) is 3.08. The summed E-state index contributed by atoms with van der Waals surface area (Å²) in [6.45, 7) is 1.09. The molecular weight excluding hydrogens is 299 g/mol. The highest BCUT2D eigenvalue weighted by molar-refractivity contribution is 5.95. The van der Waals surface area contributed by atoms with Crippen molar-refractivity contribution in [3.8, 4) is 0 Å². The lowest BCUT2D eigenvalue weighted by molar-refractivity contribution is 0.0700. The maximum Gasteiger partial charge on any atom is 0.256 e. The Morgan fingerprint density at radius 1 is 1.43 bits per heavy atom. The highest BCUT2D eigenvalue weighted by Gasteiger charge is 2.29. The van der Waals surface area contributed by atoms with Crippen molar-refractivity contribution in [1.29, 1.82) is 0 Å². The number of benzene rings is 1. The Morgan fingerprint density at radius 2 is 2.26 bits per heavy atom. The molecule has 1 N–H and O–H groups in total. The molecule has 0 aliphatic carbocycles. The minimum absolute atomic E-state index is 0.0376. The fourth-order valence-electron chi connectivity index (χ4n) is 2.84. The van der Waals surface area contributed by atoms with Crippen LogP contribution >= 0.6 is 0 Å². The number of anilines is 1. The van der Waals surface area contributed by atoms with Crippen LogP contribution in [0, 0.1) is 5.82 Å². The first kappa shape index (κ1) is 15.4. The van der Waals surface area contributed by atoms with E-state index in [1.54, 1.807) is 21.9 Å². The van der Waals surface area contributed by atoms with Crippen LogP contribution in [-0.2, 0) is 0 Å². The number of hydrogen-bond donors (Lipinski definition) is 1. The van der Waals surface area contributed by atoms with E-state index in [-0.39, 0.29) is 17.4 Å². The van der Waals surface area contributed by atoms with Crippen LogP contribution in [0.4, 0.5) is 10.1 Å². The van der Waals surface area contributed by atoms with E-state index in [9.17, 15) is 9.18 Å². The van der Waals surface area contributed by atoms with Gasteiger partial charge in [-0.3, -0.25) is 4.79 Å². The number of nitrogens with one attached hydrogen (secondary N) is 1. The van der Waals surface area contributed by atoms with Gasteiger partial charge in [0.2, 0.25) is 0 Å². The molecule has 1 aliphatic heterocycles. The van der Waals surface area contributed by atoms with Gasteiger partial charge in [-0.15, -0.1) is 10.2 Å². The molecule has 1 fully saturated rings. The second-order valence-electron chi connectivity index (χ2n) is 5.92. The number of tetrazole rings is 1. The Hall–Kier alpha value is -2.51. The Kier molecular flexibility index (Phi) is 4.22. The molecule has 1 amide bonds. The van der Waals surface area contributed by atoms with Crippen LogP contribution in [0.3, 0.4) is 0 Å².